The molecular formula is C27H24ClN3O5S. The van der Waals surface area contributed by atoms with E-state index in [4.69, 9.17) is 16.3 Å². The number of imidazole rings is 1. The van der Waals surface area contributed by atoms with Crippen LogP contribution >= 0.6 is 11.6 Å². The van der Waals surface area contributed by atoms with Crippen LogP contribution in [0.1, 0.15) is 44.7 Å². The minimum Gasteiger partial charge on any atom is -0.462 e. The zero-order valence-corrected chi connectivity index (χ0v) is 21.7. The molecule has 0 spiro atoms. The molecule has 0 aliphatic rings. The summed E-state index contributed by atoms with van der Waals surface area (Å²) in [5.74, 6) is -0.844. The van der Waals surface area contributed by atoms with E-state index in [1.54, 1.807) is 18.4 Å². The number of anilines is 1. The molecule has 1 atom stereocenters. The fraction of sp³-hybridized carbons (Fsp3) is 0.148. The molecule has 1 amide bonds. The maximum absolute atomic E-state index is 13.2. The Morgan fingerprint density at radius 3 is 2.38 bits per heavy atom. The number of ether oxygens (including phenoxy) is 1. The molecule has 0 saturated carbocycles. The second kappa shape index (κ2) is 11.5. The van der Waals surface area contributed by atoms with E-state index in [9.17, 15) is 18.4 Å². The van der Waals surface area contributed by atoms with E-state index in [1.807, 2.05) is 48.5 Å². The summed E-state index contributed by atoms with van der Waals surface area (Å²) in [5.41, 5.74) is 3.14. The normalized spacial score (nSPS) is 11.7. The SMILES string of the molecule is CCOC(=O)c1ccc(N(C(=O)c2cn(-c3ccc(Cc4ccccc4)cc3Cl)c(C)n2)S(=O)O)cc1. The van der Waals surface area contributed by atoms with Crippen LogP contribution in [-0.4, -0.2) is 36.8 Å². The third-order valence-electron chi connectivity index (χ3n) is 5.58. The molecule has 0 aliphatic heterocycles. The van der Waals surface area contributed by atoms with Crippen molar-refractivity contribution in [3.8, 4) is 5.69 Å². The molecular weight excluding hydrogens is 514 g/mol. The number of carbonyl (C=O) groups excluding carboxylic acids is 2. The van der Waals surface area contributed by atoms with E-state index in [2.05, 4.69) is 4.98 Å². The molecule has 0 bridgehead atoms. The van der Waals surface area contributed by atoms with Crippen LogP contribution in [0, 0.1) is 6.92 Å². The van der Waals surface area contributed by atoms with E-state index in [1.165, 1.54) is 30.5 Å². The lowest BCUT2D eigenvalue weighted by molar-refractivity contribution is 0.0526. The summed E-state index contributed by atoms with van der Waals surface area (Å²) in [5, 5.41) is 0.477. The van der Waals surface area contributed by atoms with Gasteiger partial charge in [-0.05, 0) is 67.8 Å². The Bertz CT molecular complexity index is 1450. The first-order chi connectivity index (χ1) is 17.8. The standard InChI is InChI=1S/C27H24ClN3O5S/c1-3-36-27(33)21-10-12-22(13-11-21)31(37(34)35)26(32)24-17-30(18(2)29-24)25-14-9-20(16-23(25)28)15-19-7-5-4-6-8-19/h4-14,16-17H,3,15H2,1-2H3,(H,34,35). The van der Waals surface area contributed by atoms with Gasteiger partial charge in [-0.25, -0.2) is 18.3 Å². The van der Waals surface area contributed by atoms with Crippen LogP contribution in [-0.2, 0) is 22.4 Å². The Balaban J connectivity index is 1.59. The first-order valence-corrected chi connectivity index (χ1v) is 12.8. The molecule has 4 aromatic rings. The highest BCUT2D eigenvalue weighted by Crippen LogP contribution is 2.26. The van der Waals surface area contributed by atoms with Crippen LogP contribution < -0.4 is 4.31 Å². The Hall–Kier alpha value is -3.79. The van der Waals surface area contributed by atoms with Crippen molar-refractivity contribution in [3.63, 3.8) is 0 Å². The van der Waals surface area contributed by atoms with Gasteiger partial charge in [0.2, 0.25) is 0 Å². The molecule has 1 heterocycles. The van der Waals surface area contributed by atoms with Crippen LogP contribution in [0.5, 0.6) is 0 Å². The number of amides is 1. The molecule has 10 heteroatoms. The van der Waals surface area contributed by atoms with Crippen LogP contribution in [0.4, 0.5) is 5.69 Å². The van der Waals surface area contributed by atoms with E-state index in [-0.39, 0.29) is 23.6 Å². The zero-order chi connectivity index (χ0) is 26.5. The van der Waals surface area contributed by atoms with Gasteiger partial charge in [0, 0.05) is 6.20 Å². The number of hydrogen-bond donors (Lipinski definition) is 1. The van der Waals surface area contributed by atoms with Crippen LogP contribution in [0.3, 0.4) is 0 Å². The van der Waals surface area contributed by atoms with Crippen molar-refractivity contribution >= 4 is 40.4 Å². The molecule has 1 unspecified atom stereocenters. The largest absolute Gasteiger partial charge is 0.462 e. The Morgan fingerprint density at radius 1 is 1.05 bits per heavy atom. The highest BCUT2D eigenvalue weighted by Gasteiger charge is 2.26. The molecule has 0 fully saturated rings. The number of rotatable bonds is 8. The fourth-order valence-corrected chi connectivity index (χ4v) is 4.67. The number of aromatic nitrogens is 2. The van der Waals surface area contributed by atoms with Gasteiger partial charge >= 0.3 is 5.97 Å². The van der Waals surface area contributed by atoms with E-state index < -0.39 is 23.1 Å². The maximum atomic E-state index is 13.2. The van der Waals surface area contributed by atoms with Gasteiger partial charge in [-0.3, -0.25) is 9.35 Å². The molecule has 3 aromatic carbocycles. The number of carbonyl (C=O) groups is 2. The Morgan fingerprint density at radius 2 is 1.76 bits per heavy atom. The smallest absolute Gasteiger partial charge is 0.338 e. The maximum Gasteiger partial charge on any atom is 0.338 e. The predicted molar refractivity (Wildman–Crippen MR) is 143 cm³/mol. The van der Waals surface area contributed by atoms with Crippen LogP contribution in [0.2, 0.25) is 5.02 Å². The monoisotopic (exact) mass is 537 g/mol. The van der Waals surface area contributed by atoms with Gasteiger partial charge in [0.1, 0.15) is 11.5 Å². The third kappa shape index (κ3) is 5.96. The van der Waals surface area contributed by atoms with Crippen molar-refractivity contribution in [1.82, 2.24) is 9.55 Å². The third-order valence-corrected chi connectivity index (χ3v) is 6.57. The number of halogens is 1. The number of benzene rings is 3. The predicted octanol–water partition coefficient (Wildman–Crippen LogP) is 5.39. The number of hydrogen-bond acceptors (Lipinski definition) is 5. The highest BCUT2D eigenvalue weighted by molar-refractivity contribution is 7.81. The molecule has 4 rings (SSSR count). The van der Waals surface area contributed by atoms with Crippen LogP contribution in [0.15, 0.2) is 79.0 Å². The minimum absolute atomic E-state index is 0.0428. The summed E-state index contributed by atoms with van der Waals surface area (Å²) in [6.45, 7) is 3.61. The van der Waals surface area contributed by atoms with Gasteiger partial charge in [-0.2, -0.15) is 0 Å². The molecule has 1 aromatic heterocycles. The summed E-state index contributed by atoms with van der Waals surface area (Å²) in [4.78, 5) is 29.4. The quantitative estimate of drug-likeness (QED) is 0.239. The lowest BCUT2D eigenvalue weighted by Crippen LogP contribution is -2.32. The van der Waals surface area contributed by atoms with Crippen molar-refractivity contribution in [2.45, 2.75) is 20.3 Å². The van der Waals surface area contributed by atoms with Gasteiger partial charge in [0.15, 0.2) is 0 Å². The van der Waals surface area contributed by atoms with E-state index >= 15 is 0 Å². The van der Waals surface area contributed by atoms with Crippen molar-refractivity contribution < 1.29 is 23.1 Å². The summed E-state index contributed by atoms with van der Waals surface area (Å²) in [6.07, 6.45) is 2.20. The summed E-state index contributed by atoms with van der Waals surface area (Å²) in [6, 6.07) is 21.3. The van der Waals surface area contributed by atoms with Gasteiger partial charge in [0.25, 0.3) is 17.2 Å². The fourth-order valence-electron chi connectivity index (χ4n) is 3.84. The van der Waals surface area contributed by atoms with E-state index in [0.717, 1.165) is 17.5 Å². The lowest BCUT2D eigenvalue weighted by Gasteiger charge is -2.17. The second-order valence-corrected chi connectivity index (χ2v) is 9.32. The van der Waals surface area contributed by atoms with Crippen molar-refractivity contribution in [3.05, 3.63) is 112 Å². The number of nitrogens with zero attached hydrogens (tertiary/aromatic N) is 3. The van der Waals surface area contributed by atoms with Crippen molar-refractivity contribution in [2.75, 3.05) is 10.9 Å². The van der Waals surface area contributed by atoms with Gasteiger partial charge in [0.05, 0.1) is 28.6 Å². The molecule has 1 N–H and O–H groups in total. The van der Waals surface area contributed by atoms with Crippen molar-refractivity contribution in [2.24, 2.45) is 0 Å². The van der Waals surface area contributed by atoms with Gasteiger partial charge < -0.3 is 9.30 Å². The van der Waals surface area contributed by atoms with Gasteiger partial charge in [-0.1, -0.05) is 48.0 Å². The highest BCUT2D eigenvalue weighted by atomic mass is 35.5. The molecule has 190 valence electrons. The Labute approximate surface area is 221 Å². The molecule has 0 aliphatic carbocycles. The topological polar surface area (TPSA) is 102 Å². The minimum atomic E-state index is -2.68. The summed E-state index contributed by atoms with van der Waals surface area (Å²) in [7, 11) is 0. The van der Waals surface area contributed by atoms with Crippen molar-refractivity contribution in [1.29, 1.82) is 0 Å². The Kier molecular flexibility index (Phi) is 8.17. The average Bonchev–Trinajstić information content (AvgIpc) is 3.26. The number of esters is 1. The first kappa shape index (κ1) is 26.3. The summed E-state index contributed by atoms with van der Waals surface area (Å²) >= 11 is 3.91. The van der Waals surface area contributed by atoms with E-state index in [0.29, 0.717) is 20.8 Å². The second-order valence-electron chi connectivity index (χ2n) is 8.09. The molecule has 37 heavy (non-hydrogen) atoms. The summed E-state index contributed by atoms with van der Waals surface area (Å²) < 4.78 is 29.3. The molecule has 8 nitrogen and oxygen atoms in total. The zero-order valence-electron chi connectivity index (χ0n) is 20.1. The van der Waals surface area contributed by atoms with Gasteiger partial charge in [-0.15, -0.1) is 0 Å². The number of aryl methyl sites for hydroxylation is 1. The van der Waals surface area contributed by atoms with Crippen LogP contribution in [0.25, 0.3) is 5.69 Å². The average molecular weight is 538 g/mol. The lowest BCUT2D eigenvalue weighted by atomic mass is 10.0. The molecule has 0 saturated heterocycles. The molecule has 0 radical (unpaired) electrons. The first-order valence-electron chi connectivity index (χ1n) is 11.4.